The Balaban J connectivity index is 3.17. The maximum atomic E-state index is 12.4. The average Bonchev–Trinajstić information content (AvgIpc) is 1.88. The molecule has 0 aliphatic rings. The summed E-state index contributed by atoms with van der Waals surface area (Å²) < 4.78 is 24.8. The molecular formula is C6H4BF2O. The molecule has 0 fully saturated rings. The number of benzene rings is 1. The summed E-state index contributed by atoms with van der Waals surface area (Å²) >= 11 is 0. The molecule has 0 bridgehead atoms. The summed E-state index contributed by atoms with van der Waals surface area (Å²) in [5, 5.41) is 8.29. The molecule has 0 aliphatic carbocycles. The van der Waals surface area contributed by atoms with Crippen LogP contribution in [0.15, 0.2) is 18.2 Å². The van der Waals surface area contributed by atoms with Gasteiger partial charge in [0.15, 0.2) is 0 Å². The maximum absolute atomic E-state index is 12.4. The van der Waals surface area contributed by atoms with Crippen LogP contribution in [0.4, 0.5) is 8.78 Å². The van der Waals surface area contributed by atoms with Crippen molar-refractivity contribution in [3.8, 4) is 0 Å². The second-order valence-electron chi connectivity index (χ2n) is 1.76. The summed E-state index contributed by atoms with van der Waals surface area (Å²) in [6.07, 6.45) is 0. The second-order valence-corrected chi connectivity index (χ2v) is 1.76. The van der Waals surface area contributed by atoms with Gasteiger partial charge in [-0.2, -0.15) is 0 Å². The van der Waals surface area contributed by atoms with Crippen molar-refractivity contribution in [2.45, 2.75) is 0 Å². The lowest BCUT2D eigenvalue weighted by Crippen LogP contribution is -2.21. The first-order chi connectivity index (χ1) is 4.75. The molecule has 1 aromatic rings. The molecule has 1 radical (unpaired) electrons. The molecule has 1 N–H and O–H groups in total. The maximum Gasteiger partial charge on any atom is 0.332 e. The topological polar surface area (TPSA) is 20.2 Å². The fraction of sp³-hybridized carbons (Fsp3) is 0. The highest BCUT2D eigenvalue weighted by molar-refractivity contribution is 6.45. The summed E-state index contributed by atoms with van der Waals surface area (Å²) in [6.45, 7) is 0. The lowest BCUT2D eigenvalue weighted by molar-refractivity contribution is 0.577. The molecule has 1 aromatic carbocycles. The summed E-state index contributed by atoms with van der Waals surface area (Å²) in [6, 6.07) is 3.38. The average molecular weight is 141 g/mol. The highest BCUT2D eigenvalue weighted by atomic mass is 19.1. The smallest absolute Gasteiger partial charge is 0.332 e. The number of hydrogen-bond acceptors (Lipinski definition) is 1. The van der Waals surface area contributed by atoms with Gasteiger partial charge in [-0.05, 0) is 12.1 Å². The third kappa shape index (κ3) is 1.16. The molecule has 51 valence electrons. The van der Waals surface area contributed by atoms with Gasteiger partial charge in [0.1, 0.15) is 11.6 Å². The van der Waals surface area contributed by atoms with Gasteiger partial charge in [-0.1, -0.05) is 6.07 Å². The summed E-state index contributed by atoms with van der Waals surface area (Å²) in [5.74, 6) is -1.52. The van der Waals surface area contributed by atoms with Gasteiger partial charge in [0, 0.05) is 5.46 Å². The number of halogens is 2. The van der Waals surface area contributed by atoms with Crippen molar-refractivity contribution in [2.75, 3.05) is 0 Å². The minimum Gasteiger partial charge on any atom is -0.450 e. The summed E-state index contributed by atoms with van der Waals surface area (Å²) in [7, 11) is 0.407. The van der Waals surface area contributed by atoms with Gasteiger partial charge in [-0.3, -0.25) is 0 Å². The fourth-order valence-corrected chi connectivity index (χ4v) is 0.634. The van der Waals surface area contributed by atoms with Crippen molar-refractivity contribution in [3.05, 3.63) is 29.8 Å². The monoisotopic (exact) mass is 141 g/mol. The van der Waals surface area contributed by atoms with E-state index < -0.39 is 17.1 Å². The predicted octanol–water partition coefficient (Wildman–Crippen LogP) is 0.202. The quantitative estimate of drug-likeness (QED) is 0.554. The van der Waals surface area contributed by atoms with Crippen LogP contribution in [0.5, 0.6) is 0 Å². The van der Waals surface area contributed by atoms with E-state index in [1.807, 2.05) is 0 Å². The summed E-state index contributed by atoms with van der Waals surface area (Å²) in [4.78, 5) is 0. The van der Waals surface area contributed by atoms with Crippen molar-refractivity contribution in [3.63, 3.8) is 0 Å². The van der Waals surface area contributed by atoms with Crippen LogP contribution in [-0.4, -0.2) is 12.5 Å². The molecule has 0 saturated heterocycles. The Labute approximate surface area is 57.6 Å². The van der Waals surface area contributed by atoms with Crippen molar-refractivity contribution >= 4 is 12.9 Å². The van der Waals surface area contributed by atoms with Crippen LogP contribution in [0.2, 0.25) is 0 Å². The fourth-order valence-electron chi connectivity index (χ4n) is 0.634. The Morgan fingerprint density at radius 3 is 2.00 bits per heavy atom. The number of rotatable bonds is 1. The molecule has 1 nitrogen and oxygen atoms in total. The number of hydrogen-bond donors (Lipinski definition) is 1. The van der Waals surface area contributed by atoms with Crippen molar-refractivity contribution in [2.24, 2.45) is 0 Å². The molecule has 4 heteroatoms. The minimum absolute atomic E-state index is 0.400. The minimum atomic E-state index is -0.762. The highest BCUT2D eigenvalue weighted by Crippen LogP contribution is 1.96. The van der Waals surface area contributed by atoms with Gasteiger partial charge in [0.05, 0.1) is 0 Å². The van der Waals surface area contributed by atoms with Crippen molar-refractivity contribution < 1.29 is 13.8 Å². The molecule has 0 amide bonds. The van der Waals surface area contributed by atoms with Crippen LogP contribution in [-0.2, 0) is 0 Å². The molecule has 1 rings (SSSR count). The van der Waals surface area contributed by atoms with Crippen LogP contribution in [0, 0.1) is 11.6 Å². The lowest BCUT2D eigenvalue weighted by Gasteiger charge is -1.96. The van der Waals surface area contributed by atoms with E-state index >= 15 is 0 Å². The third-order valence-corrected chi connectivity index (χ3v) is 1.13. The Morgan fingerprint density at radius 2 is 1.70 bits per heavy atom. The molecule has 10 heavy (non-hydrogen) atoms. The van der Waals surface area contributed by atoms with Crippen LogP contribution >= 0.6 is 0 Å². The Kier molecular flexibility index (Phi) is 2.01. The molecule has 0 unspecified atom stereocenters. The Bertz CT molecular complexity index is 219. The van der Waals surface area contributed by atoms with E-state index in [1.165, 1.54) is 6.07 Å². The Hall–Kier alpha value is -0.895. The van der Waals surface area contributed by atoms with Crippen LogP contribution < -0.4 is 5.46 Å². The SMILES string of the molecule is O[B]c1c(F)cccc1F. The molecule has 0 spiro atoms. The summed E-state index contributed by atoms with van der Waals surface area (Å²) in [5.41, 5.74) is -0.400. The second kappa shape index (κ2) is 2.79. The zero-order valence-corrected chi connectivity index (χ0v) is 5.01. The van der Waals surface area contributed by atoms with Crippen LogP contribution in [0.3, 0.4) is 0 Å². The largest absolute Gasteiger partial charge is 0.450 e. The van der Waals surface area contributed by atoms with E-state index in [2.05, 4.69) is 0 Å². The van der Waals surface area contributed by atoms with Gasteiger partial charge < -0.3 is 5.02 Å². The van der Waals surface area contributed by atoms with Gasteiger partial charge in [0.2, 0.25) is 0 Å². The molecule has 0 atom stereocenters. The van der Waals surface area contributed by atoms with Crippen LogP contribution in [0.1, 0.15) is 0 Å². The Morgan fingerprint density at radius 1 is 1.20 bits per heavy atom. The van der Waals surface area contributed by atoms with Gasteiger partial charge in [-0.15, -0.1) is 0 Å². The van der Waals surface area contributed by atoms with Gasteiger partial charge in [-0.25, -0.2) is 8.78 Å². The van der Waals surface area contributed by atoms with E-state index in [9.17, 15) is 8.78 Å². The molecule has 0 aliphatic heterocycles. The van der Waals surface area contributed by atoms with E-state index in [0.717, 1.165) is 12.1 Å². The molecular weight excluding hydrogens is 137 g/mol. The lowest BCUT2D eigenvalue weighted by atomic mass is 9.88. The van der Waals surface area contributed by atoms with Gasteiger partial charge in [0.25, 0.3) is 0 Å². The van der Waals surface area contributed by atoms with Gasteiger partial charge >= 0.3 is 7.48 Å². The first-order valence-corrected chi connectivity index (χ1v) is 2.67. The van der Waals surface area contributed by atoms with E-state index in [-0.39, 0.29) is 0 Å². The zero-order valence-electron chi connectivity index (χ0n) is 5.01. The standard InChI is InChI=1S/C6H4BF2O/c8-4-2-1-3-5(9)6(4)7-10/h1-3,10H. The molecule has 0 aromatic heterocycles. The van der Waals surface area contributed by atoms with Crippen molar-refractivity contribution in [1.29, 1.82) is 0 Å². The molecule has 0 saturated carbocycles. The normalized spacial score (nSPS) is 9.50. The van der Waals surface area contributed by atoms with E-state index in [0.29, 0.717) is 7.48 Å². The van der Waals surface area contributed by atoms with Crippen molar-refractivity contribution in [1.82, 2.24) is 0 Å². The first-order valence-electron chi connectivity index (χ1n) is 2.67. The molecule has 0 heterocycles. The van der Waals surface area contributed by atoms with E-state index in [4.69, 9.17) is 5.02 Å². The predicted molar refractivity (Wildman–Crippen MR) is 34.0 cm³/mol. The van der Waals surface area contributed by atoms with Crippen LogP contribution in [0.25, 0.3) is 0 Å². The zero-order chi connectivity index (χ0) is 7.56. The first kappa shape index (κ1) is 7.21. The third-order valence-electron chi connectivity index (χ3n) is 1.13. The van der Waals surface area contributed by atoms with E-state index in [1.54, 1.807) is 0 Å². The highest BCUT2D eigenvalue weighted by Gasteiger charge is 2.06.